The van der Waals surface area contributed by atoms with Gasteiger partial charge in [-0.3, -0.25) is 9.48 Å². The van der Waals surface area contributed by atoms with Crippen LogP contribution in [0.1, 0.15) is 20.8 Å². The van der Waals surface area contributed by atoms with Gasteiger partial charge in [0.25, 0.3) is 5.56 Å². The van der Waals surface area contributed by atoms with Gasteiger partial charge in [-0.2, -0.15) is 5.10 Å². The fourth-order valence-corrected chi connectivity index (χ4v) is 1.85. The van der Waals surface area contributed by atoms with Gasteiger partial charge in [0.05, 0.1) is 18.4 Å². The van der Waals surface area contributed by atoms with Gasteiger partial charge in [0.2, 0.25) is 0 Å². The second kappa shape index (κ2) is 5.36. The Bertz CT molecular complexity index is 637. The van der Waals surface area contributed by atoms with Gasteiger partial charge in [0.1, 0.15) is 0 Å². The molecule has 20 heavy (non-hydrogen) atoms. The monoisotopic (exact) mass is 276 g/mol. The maximum Gasteiger partial charge on any atom is 0.293 e. The van der Waals surface area contributed by atoms with E-state index in [-0.39, 0.29) is 11.1 Å². The van der Waals surface area contributed by atoms with Crippen molar-refractivity contribution in [3.63, 3.8) is 0 Å². The number of nitrogens with two attached hydrogens (primary N) is 1. The molecule has 0 saturated carbocycles. The number of anilines is 2. The largest absolute Gasteiger partial charge is 0.396 e. The van der Waals surface area contributed by atoms with Crippen LogP contribution in [0.5, 0.6) is 0 Å². The lowest BCUT2D eigenvalue weighted by atomic mass is 10.1. The molecule has 0 aliphatic carbocycles. The van der Waals surface area contributed by atoms with Crippen LogP contribution in [0.3, 0.4) is 0 Å². The predicted octanol–water partition coefficient (Wildman–Crippen LogP) is 0.889. The highest BCUT2D eigenvalue weighted by Gasteiger charge is 2.16. The molecule has 0 fully saturated rings. The van der Waals surface area contributed by atoms with Crippen molar-refractivity contribution in [2.75, 3.05) is 17.6 Å². The molecular weight excluding hydrogens is 256 g/mol. The average molecular weight is 276 g/mol. The maximum absolute atomic E-state index is 12.3. The summed E-state index contributed by atoms with van der Waals surface area (Å²) in [5.41, 5.74) is 5.81. The van der Waals surface area contributed by atoms with Crippen LogP contribution in [-0.2, 0) is 12.1 Å². The zero-order valence-corrected chi connectivity index (χ0v) is 12.0. The third-order valence-corrected chi connectivity index (χ3v) is 2.85. The van der Waals surface area contributed by atoms with E-state index >= 15 is 0 Å². The highest BCUT2D eigenvalue weighted by atomic mass is 16.1. The van der Waals surface area contributed by atoms with Crippen molar-refractivity contribution in [1.29, 1.82) is 0 Å². The molecule has 2 aromatic rings. The first-order valence-electron chi connectivity index (χ1n) is 6.48. The van der Waals surface area contributed by atoms with Crippen LogP contribution in [0.4, 0.5) is 11.5 Å². The maximum atomic E-state index is 12.3. The molecule has 0 spiro atoms. The summed E-state index contributed by atoms with van der Waals surface area (Å²) in [6, 6.07) is 0. The van der Waals surface area contributed by atoms with Gasteiger partial charge in [0, 0.05) is 30.7 Å². The van der Waals surface area contributed by atoms with Crippen LogP contribution in [0.2, 0.25) is 0 Å². The number of nitrogen functional groups attached to an aromatic ring is 1. The number of rotatable bonds is 4. The molecule has 108 valence electrons. The fraction of sp³-hybridized carbons (Fsp3) is 0.462. The number of hydrogen-bond donors (Lipinski definition) is 2. The van der Waals surface area contributed by atoms with Crippen molar-refractivity contribution in [2.24, 2.45) is 0 Å². The van der Waals surface area contributed by atoms with Crippen LogP contribution in [0, 0.1) is 0 Å². The Balaban J connectivity index is 2.05. The normalized spacial score (nSPS) is 11.6. The zero-order chi connectivity index (χ0) is 14.8. The van der Waals surface area contributed by atoms with Crippen molar-refractivity contribution in [3.05, 3.63) is 35.1 Å². The van der Waals surface area contributed by atoms with E-state index < -0.39 is 0 Å². The van der Waals surface area contributed by atoms with Gasteiger partial charge >= 0.3 is 0 Å². The third-order valence-electron chi connectivity index (χ3n) is 2.85. The molecule has 3 N–H and O–H groups in total. The minimum Gasteiger partial charge on any atom is -0.396 e. The van der Waals surface area contributed by atoms with Crippen LogP contribution in [-0.4, -0.2) is 25.9 Å². The molecule has 2 heterocycles. The van der Waals surface area contributed by atoms with E-state index in [2.05, 4.69) is 15.4 Å². The zero-order valence-electron chi connectivity index (χ0n) is 12.0. The fourth-order valence-electron chi connectivity index (χ4n) is 1.85. The Morgan fingerprint density at radius 2 is 2.15 bits per heavy atom. The Labute approximate surface area is 117 Å². The van der Waals surface area contributed by atoms with Gasteiger partial charge in [-0.05, 0) is 20.8 Å². The second-order valence-corrected chi connectivity index (χ2v) is 5.59. The molecule has 0 aliphatic rings. The number of aromatic nitrogens is 4. The minimum atomic E-state index is -0.271. The minimum absolute atomic E-state index is 0.125. The summed E-state index contributed by atoms with van der Waals surface area (Å²) in [7, 11) is 0. The van der Waals surface area contributed by atoms with Crippen molar-refractivity contribution in [2.45, 2.75) is 32.9 Å². The van der Waals surface area contributed by atoms with E-state index in [4.69, 9.17) is 5.73 Å². The standard InChI is InChI=1S/C13H20N6O/c1-13(2,3)19-7-5-16-11(12(19)20)15-4-6-18-9-10(14)8-17-18/h5,7-9H,4,6,14H2,1-3H3,(H,15,16). The summed E-state index contributed by atoms with van der Waals surface area (Å²) in [5, 5.41) is 7.11. The van der Waals surface area contributed by atoms with Gasteiger partial charge < -0.3 is 15.6 Å². The lowest BCUT2D eigenvalue weighted by molar-refractivity contribution is 0.383. The van der Waals surface area contributed by atoms with E-state index in [0.717, 1.165) is 0 Å². The molecule has 0 atom stereocenters. The SMILES string of the molecule is CC(C)(C)n1ccnc(NCCn2cc(N)cn2)c1=O. The first-order chi connectivity index (χ1) is 9.38. The summed E-state index contributed by atoms with van der Waals surface area (Å²) in [4.78, 5) is 16.3. The molecule has 0 radical (unpaired) electrons. The van der Waals surface area contributed by atoms with Crippen molar-refractivity contribution in [3.8, 4) is 0 Å². The number of hydrogen-bond acceptors (Lipinski definition) is 5. The van der Waals surface area contributed by atoms with Crippen LogP contribution in [0.15, 0.2) is 29.6 Å². The third kappa shape index (κ3) is 3.17. The molecule has 0 aromatic carbocycles. The highest BCUT2D eigenvalue weighted by molar-refractivity contribution is 5.32. The summed E-state index contributed by atoms with van der Waals surface area (Å²) in [5.74, 6) is 0.350. The molecule has 0 aliphatic heterocycles. The van der Waals surface area contributed by atoms with Crippen molar-refractivity contribution >= 4 is 11.5 Å². The average Bonchev–Trinajstić information content (AvgIpc) is 2.76. The van der Waals surface area contributed by atoms with E-state index in [1.165, 1.54) is 0 Å². The molecule has 0 unspecified atom stereocenters. The van der Waals surface area contributed by atoms with Gasteiger partial charge in [0.15, 0.2) is 5.82 Å². The molecule has 2 aromatic heterocycles. The lowest BCUT2D eigenvalue weighted by Gasteiger charge is -2.22. The van der Waals surface area contributed by atoms with Crippen molar-refractivity contribution < 1.29 is 0 Å². The van der Waals surface area contributed by atoms with Gasteiger partial charge in [-0.1, -0.05) is 0 Å². The summed E-state index contributed by atoms with van der Waals surface area (Å²) >= 11 is 0. The van der Waals surface area contributed by atoms with Crippen LogP contribution >= 0.6 is 0 Å². The van der Waals surface area contributed by atoms with Gasteiger partial charge in [-0.25, -0.2) is 4.98 Å². The van der Waals surface area contributed by atoms with E-state index in [1.54, 1.807) is 34.0 Å². The second-order valence-electron chi connectivity index (χ2n) is 5.59. The smallest absolute Gasteiger partial charge is 0.293 e. The molecule has 0 saturated heterocycles. The van der Waals surface area contributed by atoms with Crippen molar-refractivity contribution in [1.82, 2.24) is 19.3 Å². The van der Waals surface area contributed by atoms with E-state index in [9.17, 15) is 4.79 Å². The van der Waals surface area contributed by atoms with E-state index in [0.29, 0.717) is 24.6 Å². The van der Waals surface area contributed by atoms with Crippen LogP contribution in [0.25, 0.3) is 0 Å². The predicted molar refractivity (Wildman–Crippen MR) is 78.6 cm³/mol. The van der Waals surface area contributed by atoms with Crippen LogP contribution < -0.4 is 16.6 Å². The summed E-state index contributed by atoms with van der Waals surface area (Å²) in [6.45, 7) is 7.10. The Morgan fingerprint density at radius 1 is 1.40 bits per heavy atom. The Hall–Kier alpha value is -2.31. The highest BCUT2D eigenvalue weighted by Crippen LogP contribution is 2.10. The quantitative estimate of drug-likeness (QED) is 0.865. The molecule has 7 nitrogen and oxygen atoms in total. The van der Waals surface area contributed by atoms with Gasteiger partial charge in [-0.15, -0.1) is 0 Å². The molecule has 0 amide bonds. The van der Waals surface area contributed by atoms with E-state index in [1.807, 2.05) is 20.8 Å². The summed E-state index contributed by atoms with van der Waals surface area (Å²) in [6.07, 6.45) is 6.66. The first-order valence-corrected chi connectivity index (χ1v) is 6.48. The molecule has 7 heteroatoms. The molecule has 0 bridgehead atoms. The first kappa shape index (κ1) is 14.1. The summed E-state index contributed by atoms with van der Waals surface area (Å²) < 4.78 is 3.38. The Kier molecular flexibility index (Phi) is 3.78. The number of nitrogens with one attached hydrogen (secondary N) is 1. The molecular formula is C13H20N6O. The lowest BCUT2D eigenvalue weighted by Crippen LogP contribution is -2.35. The topological polar surface area (TPSA) is 90.8 Å². The Morgan fingerprint density at radius 3 is 2.75 bits per heavy atom. The molecule has 2 rings (SSSR count). The number of nitrogens with zero attached hydrogens (tertiary/aromatic N) is 4.